The van der Waals surface area contributed by atoms with Crippen molar-refractivity contribution in [2.75, 3.05) is 0 Å². The average Bonchev–Trinajstić information content (AvgIpc) is 3.17. The van der Waals surface area contributed by atoms with Gasteiger partial charge in [0.05, 0.1) is 6.21 Å². The zero-order chi connectivity index (χ0) is 18.6. The van der Waals surface area contributed by atoms with E-state index in [9.17, 15) is 4.79 Å². The lowest BCUT2D eigenvalue weighted by Crippen LogP contribution is -2.17. The van der Waals surface area contributed by atoms with Gasteiger partial charge in [0.1, 0.15) is 11.5 Å². The first kappa shape index (κ1) is 17.1. The van der Waals surface area contributed by atoms with Crippen molar-refractivity contribution in [3.05, 3.63) is 95.2 Å². The summed E-state index contributed by atoms with van der Waals surface area (Å²) < 4.78 is 5.71. The molecule has 1 N–H and O–H groups in total. The van der Waals surface area contributed by atoms with Crippen molar-refractivity contribution in [3.63, 3.8) is 0 Å². The summed E-state index contributed by atoms with van der Waals surface area (Å²) >= 11 is 5.89. The fourth-order valence-corrected chi connectivity index (χ4v) is 2.87. The molecule has 1 heterocycles. The highest BCUT2D eigenvalue weighted by Crippen LogP contribution is 2.23. The van der Waals surface area contributed by atoms with Gasteiger partial charge in [-0.3, -0.25) is 4.79 Å². The third-order valence-corrected chi connectivity index (χ3v) is 4.38. The molecule has 27 heavy (non-hydrogen) atoms. The largest absolute Gasteiger partial charge is 0.455 e. The number of carbonyl (C=O) groups excluding carboxylic acids is 1. The first-order valence-electron chi connectivity index (χ1n) is 8.37. The summed E-state index contributed by atoms with van der Waals surface area (Å²) in [7, 11) is 0. The predicted molar refractivity (Wildman–Crippen MR) is 108 cm³/mol. The van der Waals surface area contributed by atoms with E-state index in [2.05, 4.69) is 10.5 Å². The van der Waals surface area contributed by atoms with E-state index in [4.69, 9.17) is 16.0 Å². The molecule has 0 aliphatic rings. The van der Waals surface area contributed by atoms with Crippen molar-refractivity contribution in [3.8, 4) is 11.3 Å². The van der Waals surface area contributed by atoms with Crippen LogP contribution < -0.4 is 5.43 Å². The van der Waals surface area contributed by atoms with Crippen molar-refractivity contribution in [1.29, 1.82) is 0 Å². The number of hydrogen-bond donors (Lipinski definition) is 1. The maximum atomic E-state index is 12.3. The molecule has 0 bridgehead atoms. The maximum Gasteiger partial charge on any atom is 0.271 e. The monoisotopic (exact) mass is 374 g/mol. The Kier molecular flexibility index (Phi) is 4.73. The second kappa shape index (κ2) is 7.48. The quantitative estimate of drug-likeness (QED) is 0.378. The lowest BCUT2D eigenvalue weighted by Gasteiger charge is -2.02. The standard InChI is InChI=1S/C22H15ClN2O2/c23-19-9-7-16(8-10-19)21-12-11-20(27-21)14-24-25-22(26)18-6-5-15-3-1-2-4-17(15)13-18/h1-14H,(H,25,26)/b24-14+. The van der Waals surface area contributed by atoms with Crippen LogP contribution in [0.1, 0.15) is 16.1 Å². The Labute approximate surface area is 161 Å². The fourth-order valence-electron chi connectivity index (χ4n) is 2.74. The number of nitrogens with one attached hydrogen (secondary N) is 1. The zero-order valence-electron chi connectivity index (χ0n) is 14.2. The highest BCUT2D eigenvalue weighted by atomic mass is 35.5. The molecule has 0 aliphatic heterocycles. The van der Waals surface area contributed by atoms with Gasteiger partial charge in [0.25, 0.3) is 5.91 Å². The Morgan fingerprint density at radius 1 is 0.926 bits per heavy atom. The number of furan rings is 1. The van der Waals surface area contributed by atoms with E-state index in [0.29, 0.717) is 22.1 Å². The molecule has 0 fully saturated rings. The van der Waals surface area contributed by atoms with E-state index in [1.54, 1.807) is 24.3 Å². The summed E-state index contributed by atoms with van der Waals surface area (Å²) in [4.78, 5) is 12.3. The van der Waals surface area contributed by atoms with Crippen LogP contribution in [0.15, 0.2) is 88.4 Å². The van der Waals surface area contributed by atoms with Crippen LogP contribution in [-0.4, -0.2) is 12.1 Å². The molecule has 1 aromatic heterocycles. The number of rotatable bonds is 4. The molecule has 0 saturated heterocycles. The number of halogens is 1. The number of hydrazone groups is 1. The van der Waals surface area contributed by atoms with Crippen molar-refractivity contribution in [2.24, 2.45) is 5.10 Å². The van der Waals surface area contributed by atoms with E-state index < -0.39 is 0 Å². The van der Waals surface area contributed by atoms with Crippen molar-refractivity contribution < 1.29 is 9.21 Å². The topological polar surface area (TPSA) is 54.6 Å². The normalized spacial score (nSPS) is 11.1. The first-order valence-corrected chi connectivity index (χ1v) is 8.75. The van der Waals surface area contributed by atoms with Gasteiger partial charge >= 0.3 is 0 Å². The summed E-state index contributed by atoms with van der Waals surface area (Å²) in [5, 5.41) is 6.74. The second-order valence-electron chi connectivity index (χ2n) is 5.97. The minimum atomic E-state index is -0.276. The lowest BCUT2D eigenvalue weighted by atomic mass is 10.1. The molecular formula is C22H15ClN2O2. The molecule has 132 valence electrons. The van der Waals surface area contributed by atoms with Gasteiger partial charge in [0.2, 0.25) is 0 Å². The van der Waals surface area contributed by atoms with Gasteiger partial charge in [-0.15, -0.1) is 0 Å². The van der Waals surface area contributed by atoms with Crippen LogP contribution in [0.5, 0.6) is 0 Å². The van der Waals surface area contributed by atoms with Crippen LogP contribution in [0.3, 0.4) is 0 Å². The van der Waals surface area contributed by atoms with E-state index >= 15 is 0 Å². The van der Waals surface area contributed by atoms with E-state index in [-0.39, 0.29) is 5.91 Å². The smallest absolute Gasteiger partial charge is 0.271 e. The zero-order valence-corrected chi connectivity index (χ0v) is 15.0. The molecule has 0 atom stereocenters. The van der Waals surface area contributed by atoms with Gasteiger partial charge in [-0.05, 0) is 59.3 Å². The van der Waals surface area contributed by atoms with Gasteiger partial charge in [-0.1, -0.05) is 41.9 Å². The summed E-state index contributed by atoms with van der Waals surface area (Å²) in [6.07, 6.45) is 1.47. The Hall–Kier alpha value is -3.37. The molecule has 4 rings (SSSR count). The maximum absolute atomic E-state index is 12.3. The number of amides is 1. The summed E-state index contributed by atoms with van der Waals surface area (Å²) in [6.45, 7) is 0. The predicted octanol–water partition coefficient (Wildman–Crippen LogP) is 5.52. The highest BCUT2D eigenvalue weighted by molar-refractivity contribution is 6.30. The van der Waals surface area contributed by atoms with Crippen LogP contribution in [0.2, 0.25) is 5.02 Å². The summed E-state index contributed by atoms with van der Waals surface area (Å²) in [6, 6.07) is 24.4. The summed E-state index contributed by atoms with van der Waals surface area (Å²) in [5.41, 5.74) is 3.99. The third-order valence-electron chi connectivity index (χ3n) is 4.13. The molecule has 3 aromatic carbocycles. The van der Waals surface area contributed by atoms with Gasteiger partial charge in [0.15, 0.2) is 0 Å². The Balaban J connectivity index is 1.44. The van der Waals surface area contributed by atoms with Crippen molar-refractivity contribution in [2.45, 2.75) is 0 Å². The molecule has 1 amide bonds. The number of carbonyl (C=O) groups is 1. The Morgan fingerprint density at radius 2 is 1.70 bits per heavy atom. The van der Waals surface area contributed by atoms with E-state index in [0.717, 1.165) is 16.3 Å². The average molecular weight is 375 g/mol. The molecule has 0 spiro atoms. The molecule has 0 saturated carbocycles. The highest BCUT2D eigenvalue weighted by Gasteiger charge is 2.06. The van der Waals surface area contributed by atoms with Gasteiger partial charge in [0, 0.05) is 16.1 Å². The van der Waals surface area contributed by atoms with Crippen molar-refractivity contribution in [1.82, 2.24) is 5.43 Å². The van der Waals surface area contributed by atoms with Crippen LogP contribution in [-0.2, 0) is 0 Å². The second-order valence-corrected chi connectivity index (χ2v) is 6.41. The van der Waals surface area contributed by atoms with Crippen LogP contribution in [0, 0.1) is 0 Å². The van der Waals surface area contributed by atoms with Crippen LogP contribution >= 0.6 is 11.6 Å². The number of fused-ring (bicyclic) bond motifs is 1. The molecule has 0 unspecified atom stereocenters. The molecule has 5 heteroatoms. The molecule has 0 aliphatic carbocycles. The fraction of sp³-hybridized carbons (Fsp3) is 0. The van der Waals surface area contributed by atoms with Crippen LogP contribution in [0.4, 0.5) is 0 Å². The lowest BCUT2D eigenvalue weighted by molar-refractivity contribution is 0.0955. The SMILES string of the molecule is O=C(N/N=C/c1ccc(-c2ccc(Cl)cc2)o1)c1ccc2ccccc2c1. The molecule has 0 radical (unpaired) electrons. The minimum Gasteiger partial charge on any atom is -0.455 e. The summed E-state index contributed by atoms with van der Waals surface area (Å²) in [5.74, 6) is 0.967. The van der Waals surface area contributed by atoms with Crippen LogP contribution in [0.25, 0.3) is 22.1 Å². The molecule has 4 nitrogen and oxygen atoms in total. The van der Waals surface area contributed by atoms with Crippen molar-refractivity contribution >= 4 is 34.5 Å². The number of hydrogen-bond acceptors (Lipinski definition) is 3. The number of nitrogens with zero attached hydrogens (tertiary/aromatic N) is 1. The minimum absolute atomic E-state index is 0.276. The van der Waals surface area contributed by atoms with E-state index in [1.165, 1.54) is 6.21 Å². The third kappa shape index (κ3) is 3.91. The van der Waals surface area contributed by atoms with Gasteiger partial charge in [-0.2, -0.15) is 5.10 Å². The van der Waals surface area contributed by atoms with E-state index in [1.807, 2.05) is 54.6 Å². The number of benzene rings is 3. The van der Waals surface area contributed by atoms with Gasteiger partial charge in [-0.25, -0.2) is 5.43 Å². The molecular weight excluding hydrogens is 360 g/mol. The first-order chi connectivity index (χ1) is 13.2. The Bertz CT molecular complexity index is 1130. The van der Waals surface area contributed by atoms with Gasteiger partial charge < -0.3 is 4.42 Å². The molecule has 4 aromatic rings. The Morgan fingerprint density at radius 3 is 2.52 bits per heavy atom.